The van der Waals surface area contributed by atoms with E-state index >= 15 is 0 Å². The highest BCUT2D eigenvalue weighted by Crippen LogP contribution is 2.24. The van der Waals surface area contributed by atoms with E-state index in [1.54, 1.807) is 0 Å². The SMILES string of the molecule is Nc1ccc(N2CCC(OCc3ccccc3Cl)CC2)cc1. The highest BCUT2D eigenvalue weighted by molar-refractivity contribution is 6.31. The van der Waals surface area contributed by atoms with Gasteiger partial charge in [0, 0.05) is 29.5 Å². The number of nitrogens with zero attached hydrogens (tertiary/aromatic N) is 1. The molecule has 2 N–H and O–H groups in total. The molecule has 0 spiro atoms. The third-order valence-corrected chi connectivity index (χ3v) is 4.50. The van der Waals surface area contributed by atoms with Crippen LogP contribution in [0.1, 0.15) is 18.4 Å². The first-order valence-corrected chi connectivity index (χ1v) is 8.05. The molecular weight excluding hydrogens is 296 g/mol. The number of hydrogen-bond acceptors (Lipinski definition) is 3. The predicted octanol–water partition coefficient (Wildman–Crippen LogP) is 4.11. The summed E-state index contributed by atoms with van der Waals surface area (Å²) in [5, 5.41) is 0.779. The summed E-state index contributed by atoms with van der Waals surface area (Å²) in [6.45, 7) is 2.61. The van der Waals surface area contributed by atoms with Crippen molar-refractivity contribution >= 4 is 23.0 Å². The summed E-state index contributed by atoms with van der Waals surface area (Å²) < 4.78 is 6.02. The molecule has 4 heteroatoms. The molecule has 1 aliphatic heterocycles. The van der Waals surface area contributed by atoms with Crippen molar-refractivity contribution in [3.05, 3.63) is 59.1 Å². The first-order chi connectivity index (χ1) is 10.7. The number of anilines is 2. The zero-order chi connectivity index (χ0) is 15.4. The Hall–Kier alpha value is -1.71. The molecule has 1 heterocycles. The molecule has 0 radical (unpaired) electrons. The predicted molar refractivity (Wildman–Crippen MR) is 92.3 cm³/mol. The van der Waals surface area contributed by atoms with E-state index in [1.165, 1.54) is 5.69 Å². The number of hydrogen-bond donors (Lipinski definition) is 1. The smallest absolute Gasteiger partial charge is 0.0735 e. The Morgan fingerprint density at radius 3 is 2.41 bits per heavy atom. The normalized spacial score (nSPS) is 16.0. The van der Waals surface area contributed by atoms with Crippen LogP contribution in [0.3, 0.4) is 0 Å². The second-order valence-electron chi connectivity index (χ2n) is 5.68. The van der Waals surface area contributed by atoms with Gasteiger partial charge in [-0.25, -0.2) is 0 Å². The molecule has 0 saturated carbocycles. The van der Waals surface area contributed by atoms with Crippen LogP contribution in [0, 0.1) is 0 Å². The van der Waals surface area contributed by atoms with Gasteiger partial charge in [-0.1, -0.05) is 29.8 Å². The van der Waals surface area contributed by atoms with Crippen LogP contribution in [0.5, 0.6) is 0 Å². The second kappa shape index (κ2) is 7.03. The van der Waals surface area contributed by atoms with Gasteiger partial charge in [0.1, 0.15) is 0 Å². The monoisotopic (exact) mass is 316 g/mol. The van der Waals surface area contributed by atoms with Gasteiger partial charge in [-0.15, -0.1) is 0 Å². The number of benzene rings is 2. The van der Waals surface area contributed by atoms with Crippen LogP contribution in [0.2, 0.25) is 5.02 Å². The summed E-state index contributed by atoms with van der Waals surface area (Å²) in [6, 6.07) is 15.9. The quantitative estimate of drug-likeness (QED) is 0.863. The lowest BCUT2D eigenvalue weighted by molar-refractivity contribution is 0.0252. The van der Waals surface area contributed by atoms with Gasteiger partial charge >= 0.3 is 0 Å². The van der Waals surface area contributed by atoms with E-state index in [0.29, 0.717) is 12.7 Å². The largest absolute Gasteiger partial charge is 0.399 e. The molecule has 3 rings (SSSR count). The van der Waals surface area contributed by atoms with Crippen LogP contribution in [0.25, 0.3) is 0 Å². The number of halogens is 1. The average Bonchev–Trinajstić information content (AvgIpc) is 2.55. The van der Waals surface area contributed by atoms with E-state index in [9.17, 15) is 0 Å². The Morgan fingerprint density at radius 2 is 1.73 bits per heavy atom. The highest BCUT2D eigenvalue weighted by atomic mass is 35.5. The van der Waals surface area contributed by atoms with E-state index < -0.39 is 0 Å². The zero-order valence-electron chi connectivity index (χ0n) is 12.5. The lowest BCUT2D eigenvalue weighted by atomic mass is 10.1. The average molecular weight is 317 g/mol. The van der Waals surface area contributed by atoms with Crippen molar-refractivity contribution in [2.24, 2.45) is 0 Å². The Bertz CT molecular complexity index is 607. The number of nitrogens with two attached hydrogens (primary N) is 1. The first-order valence-electron chi connectivity index (χ1n) is 7.68. The third kappa shape index (κ3) is 3.73. The van der Waals surface area contributed by atoms with Crippen molar-refractivity contribution in [3.63, 3.8) is 0 Å². The molecule has 1 saturated heterocycles. The van der Waals surface area contributed by atoms with E-state index in [2.05, 4.69) is 17.0 Å². The van der Waals surface area contributed by atoms with Crippen molar-refractivity contribution in [1.82, 2.24) is 0 Å². The minimum atomic E-state index is 0.307. The van der Waals surface area contributed by atoms with Crippen LogP contribution in [-0.2, 0) is 11.3 Å². The van der Waals surface area contributed by atoms with E-state index in [0.717, 1.165) is 42.2 Å². The Balaban J connectivity index is 1.49. The van der Waals surface area contributed by atoms with E-state index in [1.807, 2.05) is 36.4 Å². The van der Waals surface area contributed by atoms with E-state index in [4.69, 9.17) is 22.1 Å². The third-order valence-electron chi connectivity index (χ3n) is 4.13. The molecule has 0 amide bonds. The van der Waals surface area contributed by atoms with Crippen LogP contribution >= 0.6 is 11.6 Å². The maximum Gasteiger partial charge on any atom is 0.0735 e. The van der Waals surface area contributed by atoms with Gasteiger partial charge in [0.15, 0.2) is 0 Å². The molecular formula is C18H21ClN2O. The summed E-state index contributed by atoms with van der Waals surface area (Å²) in [5.74, 6) is 0. The zero-order valence-corrected chi connectivity index (χ0v) is 13.3. The van der Waals surface area contributed by atoms with Crippen molar-refractivity contribution < 1.29 is 4.74 Å². The van der Waals surface area contributed by atoms with Crippen molar-refractivity contribution in [1.29, 1.82) is 0 Å². The maximum absolute atomic E-state index is 6.16. The molecule has 0 unspecified atom stereocenters. The topological polar surface area (TPSA) is 38.5 Å². The van der Waals surface area contributed by atoms with Crippen LogP contribution in [-0.4, -0.2) is 19.2 Å². The lowest BCUT2D eigenvalue weighted by Crippen LogP contribution is -2.37. The highest BCUT2D eigenvalue weighted by Gasteiger charge is 2.20. The molecule has 0 atom stereocenters. The fraction of sp³-hybridized carbons (Fsp3) is 0.333. The van der Waals surface area contributed by atoms with Gasteiger partial charge in [-0.3, -0.25) is 0 Å². The number of nitrogen functional groups attached to an aromatic ring is 1. The van der Waals surface area contributed by atoms with Crippen molar-refractivity contribution in [3.8, 4) is 0 Å². The number of ether oxygens (including phenoxy) is 1. The maximum atomic E-state index is 6.16. The summed E-state index contributed by atoms with van der Waals surface area (Å²) in [7, 11) is 0. The lowest BCUT2D eigenvalue weighted by Gasteiger charge is -2.33. The van der Waals surface area contributed by atoms with E-state index in [-0.39, 0.29) is 0 Å². The minimum Gasteiger partial charge on any atom is -0.399 e. The molecule has 3 nitrogen and oxygen atoms in total. The summed E-state index contributed by atoms with van der Waals surface area (Å²) >= 11 is 6.16. The van der Waals surface area contributed by atoms with Gasteiger partial charge < -0.3 is 15.4 Å². The van der Waals surface area contributed by atoms with Crippen molar-refractivity contribution in [2.45, 2.75) is 25.6 Å². The van der Waals surface area contributed by atoms with Crippen LogP contribution < -0.4 is 10.6 Å². The molecule has 116 valence electrons. The minimum absolute atomic E-state index is 0.307. The molecule has 1 fully saturated rings. The Morgan fingerprint density at radius 1 is 1.05 bits per heavy atom. The molecule has 1 aliphatic rings. The molecule has 0 bridgehead atoms. The molecule has 0 aromatic heterocycles. The number of piperidine rings is 1. The van der Waals surface area contributed by atoms with Gasteiger partial charge in [0.2, 0.25) is 0 Å². The first kappa shape index (κ1) is 15.2. The van der Waals surface area contributed by atoms with Gasteiger partial charge in [-0.2, -0.15) is 0 Å². The fourth-order valence-corrected chi connectivity index (χ4v) is 2.98. The van der Waals surface area contributed by atoms with Gasteiger partial charge in [0.05, 0.1) is 12.7 Å². The van der Waals surface area contributed by atoms with Crippen LogP contribution in [0.15, 0.2) is 48.5 Å². The summed E-state index contributed by atoms with van der Waals surface area (Å²) in [4.78, 5) is 2.38. The molecule has 2 aromatic carbocycles. The summed E-state index contributed by atoms with van der Waals surface area (Å²) in [5.41, 5.74) is 8.84. The Kier molecular flexibility index (Phi) is 4.86. The number of rotatable bonds is 4. The van der Waals surface area contributed by atoms with Gasteiger partial charge in [-0.05, 0) is 48.7 Å². The molecule has 0 aliphatic carbocycles. The second-order valence-corrected chi connectivity index (χ2v) is 6.09. The summed E-state index contributed by atoms with van der Waals surface area (Å²) in [6.07, 6.45) is 2.38. The molecule has 2 aromatic rings. The molecule has 22 heavy (non-hydrogen) atoms. The van der Waals surface area contributed by atoms with Crippen molar-refractivity contribution in [2.75, 3.05) is 23.7 Å². The fourth-order valence-electron chi connectivity index (χ4n) is 2.79. The van der Waals surface area contributed by atoms with Gasteiger partial charge in [0.25, 0.3) is 0 Å². The Labute approximate surface area is 136 Å². The standard InChI is InChI=1S/C18H21ClN2O/c19-18-4-2-1-3-14(18)13-22-17-9-11-21(12-10-17)16-7-5-15(20)6-8-16/h1-8,17H,9-13,20H2. The van der Waals surface area contributed by atoms with Crippen LogP contribution in [0.4, 0.5) is 11.4 Å².